The number of fused-ring (bicyclic) bond motifs is 1. The van der Waals surface area contributed by atoms with Gasteiger partial charge in [-0.05, 0) is 60.5 Å². The number of nitrogens with two attached hydrogens (primary N) is 2. The van der Waals surface area contributed by atoms with Crippen LogP contribution in [-0.2, 0) is 21.2 Å². The molecule has 1 heterocycles. The molecule has 0 saturated heterocycles. The third kappa shape index (κ3) is 6.30. The number of anilines is 1. The van der Waals surface area contributed by atoms with E-state index in [2.05, 4.69) is 15.0 Å². The molecule has 0 saturated carbocycles. The second-order valence-electron chi connectivity index (χ2n) is 8.15. The standard InChI is InChI=1S/C25H26N6O4S2/c1-35-18-7-10-20-22(13-18)36-25(30-20)21(12-15-3-2-4-16(11-15)24(27)28)31-37(33,34)19-8-5-17(6-9-19)29-23(32)14-26/h2-11,13,21,31H,12,14,26H2,1H3,(H3,27,28)(H,29,32). The highest BCUT2D eigenvalue weighted by molar-refractivity contribution is 7.89. The number of aromatic nitrogens is 1. The molecule has 0 spiro atoms. The molecular formula is C25H26N6O4S2. The van der Waals surface area contributed by atoms with Gasteiger partial charge in [0.1, 0.15) is 16.6 Å². The average Bonchev–Trinajstić information content (AvgIpc) is 3.32. The first-order valence-corrected chi connectivity index (χ1v) is 13.5. The Balaban J connectivity index is 1.68. The Morgan fingerprint density at radius 2 is 1.89 bits per heavy atom. The smallest absolute Gasteiger partial charge is 0.241 e. The number of hydrogen-bond acceptors (Lipinski definition) is 8. The number of nitrogens with one attached hydrogen (secondary N) is 3. The summed E-state index contributed by atoms with van der Waals surface area (Å²) < 4.78 is 35.7. The third-order valence-electron chi connectivity index (χ3n) is 5.52. The summed E-state index contributed by atoms with van der Waals surface area (Å²) in [5, 5.41) is 10.9. The van der Waals surface area contributed by atoms with Crippen molar-refractivity contribution >= 4 is 49.0 Å². The van der Waals surface area contributed by atoms with E-state index in [0.717, 1.165) is 15.8 Å². The maximum Gasteiger partial charge on any atom is 0.241 e. The van der Waals surface area contributed by atoms with Gasteiger partial charge in [0.05, 0.1) is 34.8 Å². The van der Waals surface area contributed by atoms with Crippen LogP contribution in [0.25, 0.3) is 10.2 Å². The quantitative estimate of drug-likeness (QED) is 0.152. The monoisotopic (exact) mass is 538 g/mol. The first-order valence-electron chi connectivity index (χ1n) is 11.2. The normalized spacial score (nSPS) is 12.3. The summed E-state index contributed by atoms with van der Waals surface area (Å²) in [5.41, 5.74) is 13.5. The van der Waals surface area contributed by atoms with Crippen LogP contribution in [0, 0.1) is 5.41 Å². The summed E-state index contributed by atoms with van der Waals surface area (Å²) in [6, 6.07) is 17.7. The molecule has 192 valence electrons. The maximum absolute atomic E-state index is 13.4. The average molecular weight is 539 g/mol. The zero-order valence-corrected chi connectivity index (χ0v) is 21.5. The minimum atomic E-state index is -3.97. The molecule has 10 nitrogen and oxygen atoms in total. The molecule has 4 rings (SSSR count). The molecular weight excluding hydrogens is 512 g/mol. The second-order valence-corrected chi connectivity index (χ2v) is 10.9. The summed E-state index contributed by atoms with van der Waals surface area (Å²) in [6.45, 7) is -0.178. The van der Waals surface area contributed by atoms with Crippen molar-refractivity contribution in [3.05, 3.63) is 82.9 Å². The number of amides is 1. The topological polar surface area (TPSA) is 173 Å². The van der Waals surface area contributed by atoms with Gasteiger partial charge in [0.15, 0.2) is 0 Å². The zero-order valence-electron chi connectivity index (χ0n) is 19.9. The van der Waals surface area contributed by atoms with Crippen LogP contribution in [-0.4, -0.2) is 38.8 Å². The number of nitrogens with zero attached hydrogens (tertiary/aromatic N) is 1. The Bertz CT molecular complexity index is 1550. The first kappa shape index (κ1) is 26.2. The third-order valence-corrected chi connectivity index (χ3v) is 8.14. The van der Waals surface area contributed by atoms with E-state index in [1.165, 1.54) is 35.6 Å². The lowest BCUT2D eigenvalue weighted by molar-refractivity contribution is -0.114. The lowest BCUT2D eigenvalue weighted by Gasteiger charge is -2.18. The van der Waals surface area contributed by atoms with Crippen molar-refractivity contribution in [3.63, 3.8) is 0 Å². The number of hydrogen-bond donors (Lipinski definition) is 5. The maximum atomic E-state index is 13.4. The molecule has 37 heavy (non-hydrogen) atoms. The Kier molecular flexibility index (Phi) is 7.83. The summed E-state index contributed by atoms with van der Waals surface area (Å²) >= 11 is 1.37. The molecule has 1 unspecified atom stereocenters. The van der Waals surface area contributed by atoms with E-state index in [9.17, 15) is 13.2 Å². The van der Waals surface area contributed by atoms with Crippen LogP contribution in [0.3, 0.4) is 0 Å². The number of rotatable bonds is 10. The van der Waals surface area contributed by atoms with Gasteiger partial charge in [-0.3, -0.25) is 10.2 Å². The lowest BCUT2D eigenvalue weighted by Crippen LogP contribution is -2.30. The molecule has 0 radical (unpaired) electrons. The van der Waals surface area contributed by atoms with Crippen LogP contribution < -0.4 is 26.2 Å². The number of carbonyl (C=O) groups excluding carboxylic acids is 1. The second kappa shape index (κ2) is 11.0. The van der Waals surface area contributed by atoms with E-state index in [1.807, 2.05) is 18.2 Å². The molecule has 0 fully saturated rings. The molecule has 7 N–H and O–H groups in total. The molecule has 12 heteroatoms. The van der Waals surface area contributed by atoms with Crippen LogP contribution in [0.2, 0.25) is 0 Å². The molecule has 0 aliphatic carbocycles. The fourth-order valence-corrected chi connectivity index (χ4v) is 5.99. The number of nitrogen functional groups attached to an aromatic ring is 1. The van der Waals surface area contributed by atoms with Crippen LogP contribution in [0.15, 0.2) is 71.6 Å². The number of sulfonamides is 1. The van der Waals surface area contributed by atoms with Crippen molar-refractivity contribution in [1.82, 2.24) is 9.71 Å². The molecule has 1 amide bonds. The van der Waals surface area contributed by atoms with Gasteiger partial charge in [-0.2, -0.15) is 0 Å². The Labute approximate surface area is 218 Å². The van der Waals surface area contributed by atoms with Crippen molar-refractivity contribution in [2.45, 2.75) is 17.4 Å². The van der Waals surface area contributed by atoms with Crippen molar-refractivity contribution in [3.8, 4) is 5.75 Å². The van der Waals surface area contributed by atoms with E-state index in [-0.39, 0.29) is 29.6 Å². The summed E-state index contributed by atoms with van der Waals surface area (Å²) in [7, 11) is -2.39. The predicted octanol–water partition coefficient (Wildman–Crippen LogP) is 2.75. The van der Waals surface area contributed by atoms with Crippen molar-refractivity contribution in [2.75, 3.05) is 19.0 Å². The fraction of sp³-hybridized carbons (Fsp3) is 0.160. The van der Waals surface area contributed by atoms with Crippen LogP contribution in [0.4, 0.5) is 5.69 Å². The molecule has 0 aliphatic rings. The molecule has 4 aromatic rings. The Hall–Kier alpha value is -3.84. The van der Waals surface area contributed by atoms with E-state index in [1.54, 1.807) is 31.4 Å². The number of carbonyl (C=O) groups is 1. The minimum Gasteiger partial charge on any atom is -0.497 e. The highest BCUT2D eigenvalue weighted by atomic mass is 32.2. The number of methoxy groups -OCH3 is 1. The van der Waals surface area contributed by atoms with Gasteiger partial charge in [0.2, 0.25) is 15.9 Å². The largest absolute Gasteiger partial charge is 0.497 e. The Morgan fingerprint density at radius 3 is 2.57 bits per heavy atom. The highest BCUT2D eigenvalue weighted by Gasteiger charge is 2.25. The van der Waals surface area contributed by atoms with E-state index in [4.69, 9.17) is 21.6 Å². The van der Waals surface area contributed by atoms with Gasteiger partial charge < -0.3 is 21.5 Å². The highest BCUT2D eigenvalue weighted by Crippen LogP contribution is 2.32. The van der Waals surface area contributed by atoms with Crippen LogP contribution in [0.1, 0.15) is 22.2 Å². The van der Waals surface area contributed by atoms with E-state index >= 15 is 0 Å². The van der Waals surface area contributed by atoms with Crippen molar-refractivity contribution in [2.24, 2.45) is 11.5 Å². The zero-order chi connectivity index (χ0) is 26.6. The molecule has 1 atom stereocenters. The van der Waals surface area contributed by atoms with E-state index in [0.29, 0.717) is 22.0 Å². The van der Waals surface area contributed by atoms with Crippen molar-refractivity contribution in [1.29, 1.82) is 5.41 Å². The summed E-state index contributed by atoms with van der Waals surface area (Å²) in [4.78, 5) is 16.2. The molecule has 1 aromatic heterocycles. The number of thiazole rings is 1. The summed E-state index contributed by atoms with van der Waals surface area (Å²) in [6.07, 6.45) is 0.280. The molecule has 0 aliphatic heterocycles. The minimum absolute atomic E-state index is 0.0310. The fourth-order valence-electron chi connectivity index (χ4n) is 3.66. The van der Waals surface area contributed by atoms with Gasteiger partial charge in [0, 0.05) is 11.3 Å². The number of ether oxygens (including phenoxy) is 1. The first-order chi connectivity index (χ1) is 17.7. The van der Waals surface area contributed by atoms with Gasteiger partial charge in [-0.1, -0.05) is 18.2 Å². The lowest BCUT2D eigenvalue weighted by atomic mass is 10.0. The molecule has 3 aromatic carbocycles. The van der Waals surface area contributed by atoms with Gasteiger partial charge in [-0.15, -0.1) is 11.3 Å². The number of amidine groups is 1. The summed E-state index contributed by atoms with van der Waals surface area (Å²) in [5.74, 6) is 0.220. The van der Waals surface area contributed by atoms with Crippen LogP contribution >= 0.6 is 11.3 Å². The van der Waals surface area contributed by atoms with Gasteiger partial charge in [-0.25, -0.2) is 18.1 Å². The van der Waals surface area contributed by atoms with Crippen LogP contribution in [0.5, 0.6) is 5.75 Å². The SMILES string of the molecule is COc1ccc2nc(C(Cc3cccc(C(=N)N)c3)NS(=O)(=O)c3ccc(NC(=O)CN)cc3)sc2c1. The molecule has 0 bridgehead atoms. The predicted molar refractivity (Wildman–Crippen MR) is 145 cm³/mol. The van der Waals surface area contributed by atoms with Crippen molar-refractivity contribution < 1.29 is 17.9 Å². The van der Waals surface area contributed by atoms with Gasteiger partial charge >= 0.3 is 0 Å². The van der Waals surface area contributed by atoms with E-state index < -0.39 is 16.1 Å². The Morgan fingerprint density at radius 1 is 1.14 bits per heavy atom. The van der Waals surface area contributed by atoms with Gasteiger partial charge in [0.25, 0.3) is 0 Å². The number of benzene rings is 3.